The van der Waals surface area contributed by atoms with Crippen LogP contribution in [0.4, 0.5) is 50.4 Å². The normalized spacial score (nSPS) is 18.6. The van der Waals surface area contributed by atoms with Crippen LogP contribution in [0.5, 0.6) is 0 Å². The molecule has 0 amide bonds. The Kier molecular flexibility index (Phi) is 16.1. The molecule has 0 aliphatic carbocycles. The maximum absolute atomic E-state index is 10.7. The molecule has 2 aliphatic heterocycles. The van der Waals surface area contributed by atoms with Crippen molar-refractivity contribution in [1.29, 1.82) is 0 Å². The summed E-state index contributed by atoms with van der Waals surface area (Å²) in [6, 6.07) is 23.7. The van der Waals surface area contributed by atoms with Crippen molar-refractivity contribution in [3.63, 3.8) is 0 Å². The first-order valence-electron chi connectivity index (χ1n) is 15.6. The van der Waals surface area contributed by atoms with Gasteiger partial charge in [-0.15, -0.1) is 0 Å². The number of pyridine rings is 4. The van der Waals surface area contributed by atoms with E-state index in [4.69, 9.17) is 9.47 Å². The zero-order chi connectivity index (χ0) is 41.0. The van der Waals surface area contributed by atoms with Crippen LogP contribution >= 0.6 is 15.6 Å². The van der Waals surface area contributed by atoms with Crippen molar-refractivity contribution in [3.05, 3.63) is 97.6 Å². The Morgan fingerprint density at radius 2 is 0.673 bits per heavy atom. The molecular weight excluding hydrogens is 891 g/mol. The first kappa shape index (κ1) is 49.2. The van der Waals surface area contributed by atoms with E-state index in [1.54, 1.807) is 24.8 Å². The van der Waals surface area contributed by atoms with Crippen molar-refractivity contribution in [2.24, 2.45) is 21.8 Å². The summed E-state index contributed by atoms with van der Waals surface area (Å²) in [6.07, 6.45) is 7.07. The predicted molar refractivity (Wildman–Crippen MR) is 186 cm³/mol. The number of halogens is 12. The molecule has 0 saturated carbocycles. The molecular formula is C32H36F12N6O2P2Ru. The van der Waals surface area contributed by atoms with E-state index >= 15 is 0 Å². The van der Waals surface area contributed by atoms with E-state index in [1.807, 2.05) is 72.8 Å². The molecule has 23 heteroatoms. The van der Waals surface area contributed by atoms with E-state index in [0.29, 0.717) is 36.8 Å². The standard InChI is InChI=1S/C12H20N2O2.2C10H8N2.2F6P.Ru/c1-7(2)9-5-15-11(13-9)12-14-10(6-16-12)8(3)4;2*1-3-7-11-9(5-1)10-6-2-4-8-12-10;2*1-7(2,3,4,5)6;/h7-10H,5-6H2,1-4H3;2*1-8H;;;/q;;;2*-1;+2/t9-,10-;;;;;/m1...../s1. The van der Waals surface area contributed by atoms with Gasteiger partial charge in [0.05, 0.1) is 34.9 Å². The van der Waals surface area contributed by atoms with Crippen LogP contribution in [-0.4, -0.2) is 57.0 Å². The molecule has 2 aliphatic rings. The minimum Gasteiger partial charge on any atom is -0.255 e. The van der Waals surface area contributed by atoms with Gasteiger partial charge in [-0.2, -0.15) is 0 Å². The van der Waals surface area contributed by atoms with E-state index < -0.39 is 15.6 Å². The molecule has 0 unspecified atom stereocenters. The van der Waals surface area contributed by atoms with E-state index in [-0.39, 0.29) is 31.6 Å². The minimum atomic E-state index is -10.7. The maximum Gasteiger partial charge on any atom is 2.00 e. The number of hydrogen-bond donors (Lipinski definition) is 0. The maximum atomic E-state index is 9.87. The zero-order valence-corrected chi connectivity index (χ0v) is 32.8. The fourth-order valence-electron chi connectivity index (χ4n) is 3.75. The molecule has 6 rings (SSSR count). The first-order valence-corrected chi connectivity index (χ1v) is 19.7. The van der Waals surface area contributed by atoms with Crippen molar-refractivity contribution < 1.29 is 79.3 Å². The summed E-state index contributed by atoms with van der Waals surface area (Å²) in [6.45, 7) is 9.90. The Hall–Kier alpha value is -3.82. The van der Waals surface area contributed by atoms with Crippen LogP contribution in [0.15, 0.2) is 108 Å². The van der Waals surface area contributed by atoms with Crippen LogP contribution in [0.3, 0.4) is 0 Å². The van der Waals surface area contributed by atoms with Gasteiger partial charge in [0.2, 0.25) is 0 Å². The molecule has 8 nitrogen and oxygen atoms in total. The van der Waals surface area contributed by atoms with Gasteiger partial charge >= 0.3 is 85.5 Å². The fraction of sp³-hybridized carbons (Fsp3) is 0.312. The third-order valence-corrected chi connectivity index (χ3v) is 6.25. The Morgan fingerprint density at radius 3 is 0.818 bits per heavy atom. The van der Waals surface area contributed by atoms with Gasteiger partial charge in [-0.3, -0.25) is 19.9 Å². The number of aliphatic imine (C=N–C) groups is 2. The van der Waals surface area contributed by atoms with E-state index in [9.17, 15) is 50.4 Å². The van der Waals surface area contributed by atoms with Gasteiger partial charge in [-0.05, 0) is 60.4 Å². The Morgan fingerprint density at radius 1 is 0.455 bits per heavy atom. The van der Waals surface area contributed by atoms with E-state index in [2.05, 4.69) is 57.6 Å². The van der Waals surface area contributed by atoms with Gasteiger partial charge in [0.15, 0.2) is 0 Å². The molecule has 0 N–H and O–H groups in total. The molecule has 0 spiro atoms. The molecule has 308 valence electrons. The smallest absolute Gasteiger partial charge is 0.255 e. The van der Waals surface area contributed by atoms with Crippen molar-refractivity contribution in [3.8, 4) is 22.8 Å². The van der Waals surface area contributed by atoms with E-state index in [0.717, 1.165) is 22.8 Å². The third kappa shape index (κ3) is 26.6. The van der Waals surface area contributed by atoms with Crippen LogP contribution in [0.2, 0.25) is 0 Å². The third-order valence-electron chi connectivity index (χ3n) is 6.25. The average molecular weight is 928 g/mol. The summed E-state index contributed by atoms with van der Waals surface area (Å²) >= 11 is 0. The predicted octanol–water partition coefficient (Wildman–Crippen LogP) is 12.9. The molecule has 0 bridgehead atoms. The summed E-state index contributed by atoms with van der Waals surface area (Å²) in [7, 11) is -21.3. The largest absolute Gasteiger partial charge is 2.00 e. The van der Waals surface area contributed by atoms with Crippen molar-refractivity contribution >= 4 is 27.4 Å². The first-order chi connectivity index (χ1) is 24.4. The molecule has 0 aromatic carbocycles. The number of aromatic nitrogens is 4. The van der Waals surface area contributed by atoms with Crippen LogP contribution in [0, 0.1) is 11.8 Å². The number of ether oxygens (including phenoxy) is 2. The van der Waals surface area contributed by atoms with Crippen molar-refractivity contribution in [1.82, 2.24) is 19.9 Å². The molecule has 2 atom stereocenters. The summed E-state index contributed by atoms with van der Waals surface area (Å²) in [4.78, 5) is 25.7. The second-order valence-electron chi connectivity index (χ2n) is 11.9. The SMILES string of the molecule is CC(C)[C@H]1COC(C2=N[C@@H](C(C)C)CO2)=N1.F[P-](F)(F)(F)(F)F.F[P-](F)(F)(F)(F)F.[Ru+2].c1ccc(-c2ccccn2)nc1.c1ccc(-c2ccccn2)nc1. The molecule has 6 heterocycles. The van der Waals surface area contributed by atoms with Crippen LogP contribution < -0.4 is 0 Å². The van der Waals surface area contributed by atoms with Gasteiger partial charge in [0.25, 0.3) is 11.8 Å². The van der Waals surface area contributed by atoms with Crippen LogP contribution in [0.25, 0.3) is 22.8 Å². The van der Waals surface area contributed by atoms with Gasteiger partial charge in [0.1, 0.15) is 13.2 Å². The molecule has 4 aromatic rings. The number of rotatable bonds is 5. The summed E-state index contributed by atoms with van der Waals surface area (Å²) in [5.41, 5.74) is 3.66. The Bertz CT molecular complexity index is 1580. The summed E-state index contributed by atoms with van der Waals surface area (Å²) in [5.74, 6) is 2.20. The number of nitrogens with zero attached hydrogens (tertiary/aromatic N) is 6. The Labute approximate surface area is 321 Å². The van der Waals surface area contributed by atoms with Crippen LogP contribution in [0.1, 0.15) is 27.7 Å². The molecule has 55 heavy (non-hydrogen) atoms. The molecule has 0 saturated heterocycles. The quantitative estimate of drug-likeness (QED) is 0.112. The number of hydrogen-bond acceptors (Lipinski definition) is 8. The average Bonchev–Trinajstić information content (AvgIpc) is 3.76. The summed E-state index contributed by atoms with van der Waals surface area (Å²) < 4.78 is 129. The molecule has 4 aromatic heterocycles. The van der Waals surface area contributed by atoms with Crippen molar-refractivity contribution in [2.45, 2.75) is 39.8 Å². The van der Waals surface area contributed by atoms with E-state index in [1.165, 1.54) is 0 Å². The van der Waals surface area contributed by atoms with Crippen molar-refractivity contribution in [2.75, 3.05) is 13.2 Å². The van der Waals surface area contributed by atoms with Gasteiger partial charge in [0, 0.05) is 24.8 Å². The van der Waals surface area contributed by atoms with Gasteiger partial charge in [-0.25, -0.2) is 9.98 Å². The van der Waals surface area contributed by atoms with Gasteiger partial charge < -0.3 is 9.47 Å². The monoisotopic (exact) mass is 928 g/mol. The zero-order valence-electron chi connectivity index (χ0n) is 29.2. The second-order valence-corrected chi connectivity index (χ2v) is 15.7. The van der Waals surface area contributed by atoms with Gasteiger partial charge in [-0.1, -0.05) is 52.0 Å². The molecule has 0 fully saturated rings. The molecule has 0 radical (unpaired) electrons. The minimum absolute atomic E-state index is 0. The van der Waals surface area contributed by atoms with Crippen LogP contribution in [-0.2, 0) is 29.0 Å². The topological polar surface area (TPSA) is 94.7 Å². The second kappa shape index (κ2) is 18.0. The fourth-order valence-corrected chi connectivity index (χ4v) is 3.75. The summed E-state index contributed by atoms with van der Waals surface area (Å²) in [5, 5.41) is 0. The Balaban J connectivity index is 0.000000355.